The van der Waals surface area contributed by atoms with E-state index in [-0.39, 0.29) is 68.3 Å². The molecule has 1 aliphatic rings. The molecule has 5 aromatic carbocycles. The highest BCUT2D eigenvalue weighted by Gasteiger charge is 2.38. The Morgan fingerprint density at radius 1 is 0.787 bits per heavy atom. The zero-order valence-corrected chi connectivity index (χ0v) is 44.8. The summed E-state index contributed by atoms with van der Waals surface area (Å²) in [6.45, 7) is 9.58. The molecule has 0 aliphatic carbocycles. The number of amides is 2. The summed E-state index contributed by atoms with van der Waals surface area (Å²) in [5.41, 5.74) is 4.46. The number of fused-ring (bicyclic) bond motifs is 3. The van der Waals surface area contributed by atoms with Gasteiger partial charge in [-0.05, 0) is 112 Å². The monoisotopic (exact) mass is 1070 g/mol. The predicted molar refractivity (Wildman–Crippen MR) is 282 cm³/mol. The van der Waals surface area contributed by atoms with Gasteiger partial charge in [0.1, 0.15) is 44.2 Å². The van der Waals surface area contributed by atoms with Crippen LogP contribution < -0.4 is 29.7 Å². The molecule has 0 atom stereocenters. The first-order valence-corrected chi connectivity index (χ1v) is 26.7. The van der Waals surface area contributed by atoms with Gasteiger partial charge in [-0.25, -0.2) is 41.1 Å². The number of imidazole rings is 1. The van der Waals surface area contributed by atoms with Crippen LogP contribution in [-0.4, -0.2) is 111 Å². The van der Waals surface area contributed by atoms with Gasteiger partial charge in [0.15, 0.2) is 5.84 Å². The average Bonchev–Trinajstić information content (AvgIpc) is 3.81. The van der Waals surface area contributed by atoms with E-state index in [1.807, 2.05) is 0 Å². The van der Waals surface area contributed by atoms with Crippen LogP contribution in [0.25, 0.3) is 22.2 Å². The second-order valence-corrected chi connectivity index (χ2v) is 22.9. The van der Waals surface area contributed by atoms with Crippen molar-refractivity contribution in [2.45, 2.75) is 88.5 Å². The predicted octanol–water partition coefficient (Wildman–Crippen LogP) is 8.32. The summed E-state index contributed by atoms with van der Waals surface area (Å²) in [4.78, 5) is 38.0. The molecular weight excluding hydrogens is 1000 g/mol. The number of H-pyrrole nitrogens is 1. The molecule has 75 heavy (non-hydrogen) atoms. The maximum absolute atomic E-state index is 16.4. The van der Waals surface area contributed by atoms with E-state index in [9.17, 15) is 14.7 Å². The Labute approximate surface area is 436 Å². The highest BCUT2D eigenvalue weighted by atomic mass is 32.2. The van der Waals surface area contributed by atoms with Gasteiger partial charge in [0.2, 0.25) is 20.0 Å². The summed E-state index contributed by atoms with van der Waals surface area (Å²) in [6, 6.07) is 26.6. The van der Waals surface area contributed by atoms with Crippen molar-refractivity contribution in [2.24, 2.45) is 15.3 Å². The summed E-state index contributed by atoms with van der Waals surface area (Å²) in [7, 11) is -5.46. The van der Waals surface area contributed by atoms with Crippen molar-refractivity contribution < 1.29 is 50.5 Å². The number of hydrogen-bond acceptors (Lipinski definition) is 15. The fraction of sp³-hybridized carbons (Fsp3) is 0.346. The molecule has 2 heterocycles. The zero-order chi connectivity index (χ0) is 54.3. The minimum atomic E-state index is -5.08. The maximum atomic E-state index is 16.4. The van der Waals surface area contributed by atoms with E-state index in [1.54, 1.807) is 126 Å². The second-order valence-electron chi connectivity index (χ2n) is 19.3. The van der Waals surface area contributed by atoms with Gasteiger partial charge in [-0.1, -0.05) is 53.8 Å². The van der Waals surface area contributed by atoms with Crippen LogP contribution in [0.2, 0.25) is 0 Å². The van der Waals surface area contributed by atoms with Gasteiger partial charge in [0.05, 0.1) is 44.5 Å². The number of alkyl carbamates (subject to hydrolysis) is 1. The Bertz CT molecular complexity index is 3280. The van der Waals surface area contributed by atoms with Gasteiger partial charge in [0.25, 0.3) is 0 Å². The highest BCUT2D eigenvalue weighted by molar-refractivity contribution is 7.92. The number of para-hydroxylation sites is 1. The second kappa shape index (κ2) is 22.9. The Morgan fingerprint density at radius 3 is 2.03 bits per heavy atom. The molecule has 2 bridgehead atoms. The van der Waals surface area contributed by atoms with Crippen molar-refractivity contribution in [3.05, 3.63) is 125 Å². The standard InChI is InChI=1S/C52H62N10O11S2/c1-51(2,3)62(50(64)65)28-25-44-56-40-12-10-11-39(46(40)58-44)38-22-24-43(74(66,67)55-27-26-53-49(63)73-52(4,5)6)47(45(38)48-57-41-29-35(30-54-60-59-48)17-23-42(41)72-9)75(68,69)61(31-33-13-18-36(70-7)19-14-33)32-34-15-20-37(71-8)21-16-34/h10-24,29,55H,25-28,30-32H2,1-9H3,(H,53,63)(H,56,58)(H,64,65)(H,54,57,59). The molecule has 23 heteroatoms. The van der Waals surface area contributed by atoms with Gasteiger partial charge in [0, 0.05) is 50.2 Å². The first kappa shape index (κ1) is 55.2. The summed E-state index contributed by atoms with van der Waals surface area (Å²) in [5, 5.41) is 21.4. The van der Waals surface area contributed by atoms with Crippen LogP contribution in [0.3, 0.4) is 0 Å². The molecule has 398 valence electrons. The molecular formula is C52H62N10O11S2. The van der Waals surface area contributed by atoms with E-state index < -0.39 is 53.2 Å². The van der Waals surface area contributed by atoms with Gasteiger partial charge in [-0.2, -0.15) is 4.31 Å². The minimum absolute atomic E-state index is 0.0950. The number of methoxy groups -OCH3 is 3. The number of aromatic amines is 1. The molecule has 5 N–H and O–H groups in total. The number of amidine groups is 1. The number of carboxylic acid groups (broad SMARTS) is 1. The van der Waals surface area contributed by atoms with Gasteiger partial charge >= 0.3 is 12.2 Å². The molecule has 6 aromatic rings. The van der Waals surface area contributed by atoms with Gasteiger partial charge in [-0.15, -0.1) is 5.11 Å². The Kier molecular flexibility index (Phi) is 16.8. The van der Waals surface area contributed by atoms with Crippen molar-refractivity contribution in [3.63, 3.8) is 0 Å². The smallest absolute Gasteiger partial charge is 0.407 e. The number of carbonyl (C=O) groups is 2. The van der Waals surface area contributed by atoms with Gasteiger partial charge < -0.3 is 39.3 Å². The number of ether oxygens (including phenoxy) is 4. The number of benzene rings is 5. The minimum Gasteiger partial charge on any atom is -0.497 e. The Morgan fingerprint density at radius 2 is 1.44 bits per heavy atom. The Balaban J connectivity index is 1.53. The van der Waals surface area contributed by atoms with Crippen LogP contribution in [0.1, 0.15) is 69.6 Å². The SMILES string of the molecule is COc1ccc(CN(Cc2ccc(OC)cc2)S(=O)(=O)c2c(S(=O)(=O)NCCNC(=O)OC(C)(C)C)ccc(-c3cccc4[nH]c(CCN(C(=O)O)C(C)(C)C)nc34)c2C2=N\c3cc(ccc3OC)CN\N=N\2)cc1. The van der Waals surface area contributed by atoms with Crippen molar-refractivity contribution in [1.29, 1.82) is 0 Å². The molecule has 7 rings (SSSR count). The van der Waals surface area contributed by atoms with Crippen molar-refractivity contribution >= 4 is 54.8 Å². The van der Waals surface area contributed by atoms with E-state index in [1.165, 1.54) is 38.4 Å². The molecule has 0 radical (unpaired) electrons. The van der Waals surface area contributed by atoms with Crippen molar-refractivity contribution in [2.75, 3.05) is 41.0 Å². The van der Waals surface area contributed by atoms with Crippen LogP contribution in [0.4, 0.5) is 15.3 Å². The third kappa shape index (κ3) is 13.4. The number of rotatable bonds is 19. The molecule has 0 saturated heterocycles. The van der Waals surface area contributed by atoms with E-state index in [0.717, 1.165) is 9.87 Å². The molecule has 1 aliphatic heterocycles. The van der Waals surface area contributed by atoms with Crippen molar-refractivity contribution in [1.82, 2.24) is 34.6 Å². The number of hydrogen-bond donors (Lipinski definition) is 5. The number of aliphatic imine (C=N–C) groups is 1. The summed E-state index contributed by atoms with van der Waals surface area (Å²) in [5.74, 6) is 1.47. The van der Waals surface area contributed by atoms with Crippen LogP contribution >= 0.6 is 0 Å². The maximum Gasteiger partial charge on any atom is 0.407 e. The quantitative estimate of drug-likeness (QED) is 0.0478. The fourth-order valence-corrected chi connectivity index (χ4v) is 11.6. The number of nitrogens with one attached hydrogen (secondary N) is 4. The zero-order valence-electron chi connectivity index (χ0n) is 43.2. The lowest BCUT2D eigenvalue weighted by molar-refractivity contribution is 0.0528. The Hall–Kier alpha value is -7.60. The molecule has 1 aromatic heterocycles. The van der Waals surface area contributed by atoms with Crippen LogP contribution in [0.15, 0.2) is 122 Å². The average molecular weight is 1070 g/mol. The normalized spacial score (nSPS) is 14.1. The van der Waals surface area contributed by atoms with Crippen molar-refractivity contribution in [3.8, 4) is 28.4 Å². The first-order valence-electron chi connectivity index (χ1n) is 23.8. The summed E-state index contributed by atoms with van der Waals surface area (Å²) in [6.07, 6.45) is -1.70. The lowest BCUT2D eigenvalue weighted by atomic mass is 9.97. The molecule has 21 nitrogen and oxygen atoms in total. The number of nitrogens with zero attached hydrogens (tertiary/aromatic N) is 6. The number of aromatic nitrogens is 2. The molecule has 0 saturated carbocycles. The van der Waals surface area contributed by atoms with E-state index in [0.29, 0.717) is 50.8 Å². The number of sulfonamides is 2. The fourth-order valence-electron chi connectivity index (χ4n) is 8.18. The lowest BCUT2D eigenvalue weighted by Crippen LogP contribution is -2.46. The van der Waals surface area contributed by atoms with Gasteiger partial charge in [-0.3, -0.25) is 5.43 Å². The highest BCUT2D eigenvalue weighted by Crippen LogP contribution is 2.41. The first-order chi connectivity index (χ1) is 35.5. The van der Waals surface area contributed by atoms with E-state index in [4.69, 9.17) is 28.9 Å². The van der Waals surface area contributed by atoms with E-state index in [2.05, 4.69) is 30.8 Å². The van der Waals surface area contributed by atoms with Crippen LogP contribution in [0, 0.1) is 0 Å². The molecule has 0 spiro atoms. The largest absolute Gasteiger partial charge is 0.497 e. The molecule has 0 fully saturated rings. The third-order valence-electron chi connectivity index (χ3n) is 11.8. The third-order valence-corrected chi connectivity index (χ3v) is 15.3. The van der Waals surface area contributed by atoms with Crippen LogP contribution in [0.5, 0.6) is 17.2 Å². The lowest BCUT2D eigenvalue weighted by Gasteiger charge is -2.32. The molecule has 0 unspecified atom stereocenters. The summed E-state index contributed by atoms with van der Waals surface area (Å²) < 4.78 is 88.5. The summed E-state index contributed by atoms with van der Waals surface area (Å²) >= 11 is 0. The molecule has 2 amide bonds. The number of carbonyl (C=O) groups excluding carboxylic acids is 1. The van der Waals surface area contributed by atoms with E-state index >= 15 is 16.8 Å². The van der Waals surface area contributed by atoms with Crippen LogP contribution in [-0.2, 0) is 50.8 Å². The topological polar surface area (TPSA) is 268 Å².